The minimum Gasteiger partial charge on any atom is -0.337 e. The largest absolute Gasteiger partial charge is 0.337 e. The summed E-state index contributed by atoms with van der Waals surface area (Å²) in [6.07, 6.45) is 1.21. The van der Waals surface area contributed by atoms with Crippen molar-refractivity contribution in [1.29, 1.82) is 0 Å². The van der Waals surface area contributed by atoms with Gasteiger partial charge in [0.05, 0.1) is 22.0 Å². The van der Waals surface area contributed by atoms with E-state index in [4.69, 9.17) is 0 Å². The Hall–Kier alpha value is -2.21. The highest BCUT2D eigenvalue weighted by Gasteiger charge is 2.21. The molecule has 25 heavy (non-hydrogen) atoms. The Morgan fingerprint density at radius 2 is 2.04 bits per heavy atom. The van der Waals surface area contributed by atoms with Crippen molar-refractivity contribution in [3.8, 4) is 0 Å². The molecule has 0 radical (unpaired) electrons. The van der Waals surface area contributed by atoms with Gasteiger partial charge in [-0.25, -0.2) is 4.98 Å². The van der Waals surface area contributed by atoms with Crippen LogP contribution in [-0.4, -0.2) is 32.6 Å². The number of hydrogen-bond acceptors (Lipinski definition) is 4. The number of amides is 1. The summed E-state index contributed by atoms with van der Waals surface area (Å²) in [5.74, 6) is 0.134. The van der Waals surface area contributed by atoms with E-state index in [9.17, 15) is 4.79 Å². The first-order valence-electron chi connectivity index (χ1n) is 8.48. The van der Waals surface area contributed by atoms with Gasteiger partial charge in [-0.05, 0) is 44.9 Å². The molecule has 0 aliphatic carbocycles. The molecule has 1 atom stereocenters. The summed E-state index contributed by atoms with van der Waals surface area (Å²) >= 11 is 1.66. The van der Waals surface area contributed by atoms with E-state index in [0.29, 0.717) is 6.42 Å². The van der Waals surface area contributed by atoms with Gasteiger partial charge in [-0.2, -0.15) is 5.10 Å². The number of carbonyl (C=O) groups excluding carboxylic acids is 1. The maximum atomic E-state index is 12.7. The minimum atomic E-state index is -0.0269. The zero-order valence-corrected chi connectivity index (χ0v) is 16.2. The Bertz CT molecular complexity index is 878. The second kappa shape index (κ2) is 6.96. The average molecular weight is 356 g/mol. The third-order valence-electron chi connectivity index (χ3n) is 4.89. The van der Waals surface area contributed by atoms with Crippen molar-refractivity contribution in [2.75, 3.05) is 7.05 Å². The van der Waals surface area contributed by atoms with E-state index in [1.807, 2.05) is 57.7 Å². The number of thiazole rings is 1. The number of rotatable bonds is 5. The molecule has 1 amide bonds. The van der Waals surface area contributed by atoms with Crippen LogP contribution in [0.2, 0.25) is 0 Å². The lowest BCUT2D eigenvalue weighted by Crippen LogP contribution is -2.29. The summed E-state index contributed by atoms with van der Waals surface area (Å²) in [5.41, 5.74) is 4.32. The van der Waals surface area contributed by atoms with Gasteiger partial charge in [0.2, 0.25) is 5.91 Å². The van der Waals surface area contributed by atoms with Crippen LogP contribution in [-0.2, 0) is 18.3 Å². The molecule has 2 aromatic heterocycles. The molecular weight excluding hydrogens is 332 g/mol. The van der Waals surface area contributed by atoms with Crippen molar-refractivity contribution in [1.82, 2.24) is 19.7 Å². The van der Waals surface area contributed by atoms with Crippen LogP contribution in [0.3, 0.4) is 0 Å². The molecule has 5 nitrogen and oxygen atoms in total. The first kappa shape index (κ1) is 17.6. The maximum Gasteiger partial charge on any atom is 0.223 e. The normalized spacial score (nSPS) is 12.5. The van der Waals surface area contributed by atoms with Gasteiger partial charge in [-0.3, -0.25) is 9.48 Å². The number of benzene rings is 1. The molecule has 0 saturated heterocycles. The fourth-order valence-electron chi connectivity index (χ4n) is 3.04. The van der Waals surface area contributed by atoms with Crippen LogP contribution in [0.15, 0.2) is 24.3 Å². The van der Waals surface area contributed by atoms with Crippen LogP contribution in [0.5, 0.6) is 0 Å². The van der Waals surface area contributed by atoms with Gasteiger partial charge < -0.3 is 4.90 Å². The van der Waals surface area contributed by atoms with E-state index in [-0.39, 0.29) is 11.9 Å². The number of carbonyl (C=O) groups is 1. The second-order valence-corrected chi connectivity index (χ2v) is 7.54. The molecule has 6 heteroatoms. The van der Waals surface area contributed by atoms with Crippen molar-refractivity contribution in [2.45, 2.75) is 39.7 Å². The Balaban J connectivity index is 1.69. The molecule has 0 bridgehead atoms. The summed E-state index contributed by atoms with van der Waals surface area (Å²) in [5, 5.41) is 5.40. The third kappa shape index (κ3) is 3.44. The number of nitrogens with zero attached hydrogens (tertiary/aromatic N) is 4. The van der Waals surface area contributed by atoms with Crippen LogP contribution in [0.1, 0.15) is 41.3 Å². The summed E-state index contributed by atoms with van der Waals surface area (Å²) in [4.78, 5) is 19.1. The first-order valence-corrected chi connectivity index (χ1v) is 9.30. The van der Waals surface area contributed by atoms with E-state index in [2.05, 4.69) is 16.1 Å². The van der Waals surface area contributed by atoms with Crippen LogP contribution in [0.4, 0.5) is 0 Å². The predicted molar refractivity (Wildman–Crippen MR) is 102 cm³/mol. The smallest absolute Gasteiger partial charge is 0.223 e. The number of hydrogen-bond donors (Lipinski definition) is 0. The Morgan fingerprint density at radius 1 is 1.32 bits per heavy atom. The highest BCUT2D eigenvalue weighted by Crippen LogP contribution is 2.29. The molecule has 0 spiro atoms. The summed E-state index contributed by atoms with van der Waals surface area (Å²) in [6, 6.07) is 8.06. The molecule has 0 aliphatic heterocycles. The zero-order chi connectivity index (χ0) is 18.1. The van der Waals surface area contributed by atoms with Crippen LogP contribution in [0.25, 0.3) is 10.2 Å². The van der Waals surface area contributed by atoms with E-state index < -0.39 is 0 Å². The summed E-state index contributed by atoms with van der Waals surface area (Å²) < 4.78 is 3.04. The first-order chi connectivity index (χ1) is 11.9. The standard InChI is InChI=1S/C19H24N4OS/c1-12-15(13(2)23(5)21-12)10-11-18(24)22(4)14(3)19-20-16-8-6-7-9-17(16)25-19/h6-9,14H,10-11H2,1-5H3/t14-/m1/s1. The molecule has 0 saturated carbocycles. The molecule has 2 heterocycles. The van der Waals surface area contributed by atoms with Gasteiger partial charge in [0.15, 0.2) is 0 Å². The molecule has 1 aromatic carbocycles. The van der Waals surface area contributed by atoms with Gasteiger partial charge in [-0.15, -0.1) is 11.3 Å². The Kier molecular flexibility index (Phi) is 4.90. The van der Waals surface area contributed by atoms with E-state index in [1.54, 1.807) is 16.2 Å². The number of aryl methyl sites for hydroxylation is 2. The van der Waals surface area contributed by atoms with Gasteiger partial charge >= 0.3 is 0 Å². The number of para-hydroxylation sites is 1. The molecule has 0 fully saturated rings. The lowest BCUT2D eigenvalue weighted by molar-refractivity contribution is -0.131. The van der Waals surface area contributed by atoms with Crippen LogP contribution >= 0.6 is 11.3 Å². The fourth-order valence-corrected chi connectivity index (χ4v) is 4.10. The lowest BCUT2D eigenvalue weighted by Gasteiger charge is -2.23. The summed E-state index contributed by atoms with van der Waals surface area (Å²) in [7, 11) is 3.80. The van der Waals surface area contributed by atoms with Crippen molar-refractivity contribution >= 4 is 27.5 Å². The summed E-state index contributed by atoms with van der Waals surface area (Å²) in [6.45, 7) is 6.09. The Labute approximate surface area is 152 Å². The SMILES string of the molecule is Cc1nn(C)c(C)c1CCC(=O)N(C)[C@H](C)c1nc2ccccc2s1. The van der Waals surface area contributed by atoms with Gasteiger partial charge in [0.25, 0.3) is 0 Å². The Morgan fingerprint density at radius 3 is 2.68 bits per heavy atom. The van der Waals surface area contributed by atoms with Crippen molar-refractivity contribution < 1.29 is 4.79 Å². The second-order valence-electron chi connectivity index (χ2n) is 6.47. The minimum absolute atomic E-state index is 0.0269. The highest BCUT2D eigenvalue weighted by molar-refractivity contribution is 7.18. The quantitative estimate of drug-likeness (QED) is 0.699. The molecule has 0 unspecified atom stereocenters. The van der Waals surface area contributed by atoms with E-state index in [0.717, 1.165) is 33.0 Å². The lowest BCUT2D eigenvalue weighted by atomic mass is 10.1. The van der Waals surface area contributed by atoms with E-state index >= 15 is 0 Å². The molecule has 0 N–H and O–H groups in total. The predicted octanol–water partition coefficient (Wildman–Crippen LogP) is 3.80. The zero-order valence-electron chi connectivity index (χ0n) is 15.4. The molecular formula is C19H24N4OS. The monoisotopic (exact) mass is 356 g/mol. The molecule has 132 valence electrons. The van der Waals surface area contributed by atoms with E-state index in [1.165, 1.54) is 5.56 Å². The highest BCUT2D eigenvalue weighted by atomic mass is 32.1. The average Bonchev–Trinajstić information content (AvgIpc) is 3.13. The fraction of sp³-hybridized carbons (Fsp3) is 0.421. The van der Waals surface area contributed by atoms with Crippen LogP contribution < -0.4 is 0 Å². The van der Waals surface area contributed by atoms with Crippen molar-refractivity contribution in [2.24, 2.45) is 7.05 Å². The topological polar surface area (TPSA) is 51.0 Å². The molecule has 0 aliphatic rings. The van der Waals surface area contributed by atoms with Crippen LogP contribution in [0, 0.1) is 13.8 Å². The number of fused-ring (bicyclic) bond motifs is 1. The van der Waals surface area contributed by atoms with Gasteiger partial charge in [0.1, 0.15) is 5.01 Å². The molecule has 3 rings (SSSR count). The number of aromatic nitrogens is 3. The van der Waals surface area contributed by atoms with Crippen molar-refractivity contribution in [3.05, 3.63) is 46.2 Å². The third-order valence-corrected chi connectivity index (χ3v) is 6.10. The van der Waals surface area contributed by atoms with Crippen molar-refractivity contribution in [3.63, 3.8) is 0 Å². The maximum absolute atomic E-state index is 12.7. The molecule has 3 aromatic rings. The van der Waals surface area contributed by atoms with Gasteiger partial charge in [-0.1, -0.05) is 12.1 Å². The van der Waals surface area contributed by atoms with Gasteiger partial charge in [0, 0.05) is 26.2 Å².